The number of nitrogens with one attached hydrogen (secondary N) is 1. The number of rotatable bonds is 5. The minimum Gasteiger partial charge on any atom is -0.370 e. The Morgan fingerprint density at radius 1 is 1.03 bits per heavy atom. The van der Waals surface area contributed by atoms with Crippen molar-refractivity contribution in [2.24, 2.45) is 0 Å². The molecule has 1 amide bonds. The quantitative estimate of drug-likeness (QED) is 0.766. The Balaban J connectivity index is 1.90. The largest absolute Gasteiger partial charge is 0.416 e. The summed E-state index contributed by atoms with van der Waals surface area (Å²) < 4.78 is 64.8. The maximum absolute atomic E-state index is 13.2. The molecule has 1 saturated heterocycles. The zero-order chi connectivity index (χ0) is 22.1. The van der Waals surface area contributed by atoms with E-state index in [9.17, 15) is 26.4 Å². The number of hydrogen-bond donors (Lipinski definition) is 1. The standard InChI is InChI=1S/C20H22F3N3O3S/c1-25(2)30(28,29)16-8-5-14(6-9-16)19(27)24-17-13-15(20(21,22)23)7-10-18(17)26-11-3-4-12-26/h5-10,13H,3-4,11-12H2,1-2H3,(H,24,27). The highest BCUT2D eigenvalue weighted by Crippen LogP contribution is 2.36. The van der Waals surface area contributed by atoms with Crippen molar-refractivity contribution in [1.29, 1.82) is 0 Å². The van der Waals surface area contributed by atoms with Gasteiger partial charge in [-0.3, -0.25) is 4.79 Å². The molecule has 1 N–H and O–H groups in total. The van der Waals surface area contributed by atoms with Crippen molar-refractivity contribution in [3.8, 4) is 0 Å². The van der Waals surface area contributed by atoms with Crippen molar-refractivity contribution in [2.75, 3.05) is 37.4 Å². The molecule has 0 atom stereocenters. The average molecular weight is 441 g/mol. The lowest BCUT2D eigenvalue weighted by Crippen LogP contribution is -2.23. The Bertz CT molecular complexity index is 1030. The van der Waals surface area contributed by atoms with Gasteiger partial charge in [0.25, 0.3) is 5.91 Å². The first kappa shape index (κ1) is 22.1. The summed E-state index contributed by atoms with van der Waals surface area (Å²) in [6.45, 7) is 1.40. The van der Waals surface area contributed by atoms with Gasteiger partial charge in [-0.05, 0) is 55.3 Å². The van der Waals surface area contributed by atoms with Crippen LogP contribution in [0.3, 0.4) is 0 Å². The Hall–Kier alpha value is -2.59. The molecule has 2 aromatic rings. The smallest absolute Gasteiger partial charge is 0.370 e. The molecule has 30 heavy (non-hydrogen) atoms. The number of amides is 1. The molecule has 0 saturated carbocycles. The van der Waals surface area contributed by atoms with Crippen LogP contribution in [0.1, 0.15) is 28.8 Å². The summed E-state index contributed by atoms with van der Waals surface area (Å²) in [6.07, 6.45) is -2.68. The molecular weight excluding hydrogens is 419 g/mol. The Kier molecular flexibility index (Phi) is 6.09. The van der Waals surface area contributed by atoms with Crippen molar-refractivity contribution >= 4 is 27.3 Å². The van der Waals surface area contributed by atoms with E-state index in [1.165, 1.54) is 44.4 Å². The second-order valence-corrected chi connectivity index (χ2v) is 9.34. The molecule has 0 aromatic heterocycles. The molecule has 0 bridgehead atoms. The second-order valence-electron chi connectivity index (χ2n) is 7.19. The number of sulfonamides is 1. The lowest BCUT2D eigenvalue weighted by atomic mass is 10.1. The van der Waals surface area contributed by atoms with E-state index in [0.29, 0.717) is 18.8 Å². The van der Waals surface area contributed by atoms with Gasteiger partial charge in [0.2, 0.25) is 10.0 Å². The van der Waals surface area contributed by atoms with E-state index in [1.807, 2.05) is 4.90 Å². The van der Waals surface area contributed by atoms with Crippen LogP contribution in [0.5, 0.6) is 0 Å². The van der Waals surface area contributed by atoms with Crippen LogP contribution < -0.4 is 10.2 Å². The predicted molar refractivity (Wildman–Crippen MR) is 108 cm³/mol. The van der Waals surface area contributed by atoms with Crippen molar-refractivity contribution in [1.82, 2.24) is 4.31 Å². The summed E-state index contributed by atoms with van der Waals surface area (Å²) >= 11 is 0. The number of alkyl halides is 3. The van der Waals surface area contributed by atoms with E-state index >= 15 is 0 Å². The topological polar surface area (TPSA) is 69.7 Å². The molecule has 6 nitrogen and oxygen atoms in total. The van der Waals surface area contributed by atoms with Crippen LogP contribution >= 0.6 is 0 Å². The van der Waals surface area contributed by atoms with Crippen molar-refractivity contribution in [3.63, 3.8) is 0 Å². The van der Waals surface area contributed by atoms with Crippen molar-refractivity contribution in [2.45, 2.75) is 23.9 Å². The van der Waals surface area contributed by atoms with Gasteiger partial charge >= 0.3 is 6.18 Å². The lowest BCUT2D eigenvalue weighted by molar-refractivity contribution is -0.137. The van der Waals surface area contributed by atoms with E-state index in [2.05, 4.69) is 5.32 Å². The molecule has 1 aliphatic rings. The van der Waals surface area contributed by atoms with Gasteiger partial charge in [-0.2, -0.15) is 13.2 Å². The van der Waals surface area contributed by atoms with Crippen molar-refractivity contribution < 1.29 is 26.4 Å². The molecule has 0 spiro atoms. The normalized spacial score (nSPS) is 14.9. The molecule has 2 aromatic carbocycles. The van der Waals surface area contributed by atoms with Crippen LogP contribution in [0.15, 0.2) is 47.4 Å². The van der Waals surface area contributed by atoms with E-state index in [4.69, 9.17) is 0 Å². The maximum atomic E-state index is 13.2. The minimum atomic E-state index is -4.54. The van der Waals surface area contributed by atoms with Crippen LogP contribution in [-0.4, -0.2) is 45.8 Å². The molecule has 0 aliphatic carbocycles. The number of nitrogens with zero attached hydrogens (tertiary/aromatic N) is 2. The van der Waals surface area contributed by atoms with Gasteiger partial charge in [0, 0.05) is 32.7 Å². The summed E-state index contributed by atoms with van der Waals surface area (Å²) in [5, 5.41) is 2.56. The molecule has 1 fully saturated rings. The maximum Gasteiger partial charge on any atom is 0.416 e. The average Bonchev–Trinajstić information content (AvgIpc) is 3.21. The second kappa shape index (κ2) is 8.27. The van der Waals surface area contributed by atoms with E-state index in [-0.39, 0.29) is 16.1 Å². The van der Waals surface area contributed by atoms with Gasteiger partial charge in [0.05, 0.1) is 21.8 Å². The monoisotopic (exact) mass is 441 g/mol. The minimum absolute atomic E-state index is 0.0147. The molecular formula is C20H22F3N3O3S. The zero-order valence-corrected chi connectivity index (χ0v) is 17.3. The molecule has 1 heterocycles. The number of halogens is 3. The fourth-order valence-electron chi connectivity index (χ4n) is 3.23. The number of carbonyl (C=O) groups excluding carboxylic acids is 1. The number of anilines is 2. The Labute approximate surface area is 173 Å². The first-order valence-corrected chi connectivity index (χ1v) is 10.7. The highest BCUT2D eigenvalue weighted by molar-refractivity contribution is 7.89. The van der Waals surface area contributed by atoms with E-state index in [0.717, 1.165) is 29.3 Å². The van der Waals surface area contributed by atoms with Crippen LogP contribution in [0.4, 0.5) is 24.5 Å². The highest BCUT2D eigenvalue weighted by atomic mass is 32.2. The molecule has 0 radical (unpaired) electrons. The van der Waals surface area contributed by atoms with Gasteiger partial charge in [-0.25, -0.2) is 12.7 Å². The Morgan fingerprint density at radius 3 is 2.17 bits per heavy atom. The summed E-state index contributed by atoms with van der Waals surface area (Å²) in [5.74, 6) is -0.622. The molecule has 0 unspecified atom stereocenters. The SMILES string of the molecule is CN(C)S(=O)(=O)c1ccc(C(=O)Nc2cc(C(F)(F)F)ccc2N2CCCC2)cc1. The third-order valence-electron chi connectivity index (χ3n) is 4.91. The van der Waals surface area contributed by atoms with Gasteiger partial charge in [0.15, 0.2) is 0 Å². The van der Waals surface area contributed by atoms with Gasteiger partial charge in [-0.15, -0.1) is 0 Å². The van der Waals surface area contributed by atoms with Gasteiger partial charge in [-0.1, -0.05) is 0 Å². The first-order chi connectivity index (χ1) is 14.0. The summed E-state index contributed by atoms with van der Waals surface area (Å²) in [4.78, 5) is 14.6. The fraction of sp³-hybridized carbons (Fsp3) is 0.350. The highest BCUT2D eigenvalue weighted by Gasteiger charge is 2.32. The lowest BCUT2D eigenvalue weighted by Gasteiger charge is -2.23. The van der Waals surface area contributed by atoms with Crippen LogP contribution in [0.25, 0.3) is 0 Å². The molecule has 10 heteroatoms. The van der Waals surface area contributed by atoms with Crippen molar-refractivity contribution in [3.05, 3.63) is 53.6 Å². The molecule has 1 aliphatic heterocycles. The van der Waals surface area contributed by atoms with E-state index in [1.54, 1.807) is 0 Å². The first-order valence-electron chi connectivity index (χ1n) is 9.30. The predicted octanol–water partition coefficient (Wildman–Crippen LogP) is 3.81. The van der Waals surface area contributed by atoms with E-state index < -0.39 is 27.7 Å². The third-order valence-corrected chi connectivity index (χ3v) is 6.74. The number of carbonyl (C=O) groups is 1. The molecule has 3 rings (SSSR count). The Morgan fingerprint density at radius 2 is 1.63 bits per heavy atom. The van der Waals surface area contributed by atoms with Crippen LogP contribution in [0.2, 0.25) is 0 Å². The molecule has 162 valence electrons. The summed E-state index contributed by atoms with van der Waals surface area (Å²) in [6, 6.07) is 8.54. The fourth-order valence-corrected chi connectivity index (χ4v) is 4.13. The van der Waals surface area contributed by atoms with Crippen LogP contribution in [0, 0.1) is 0 Å². The van der Waals surface area contributed by atoms with Gasteiger partial charge < -0.3 is 10.2 Å². The van der Waals surface area contributed by atoms with Crippen LogP contribution in [-0.2, 0) is 16.2 Å². The summed E-state index contributed by atoms with van der Waals surface area (Å²) in [7, 11) is -0.863. The zero-order valence-electron chi connectivity index (χ0n) is 16.5. The van der Waals surface area contributed by atoms with Gasteiger partial charge in [0.1, 0.15) is 0 Å². The number of hydrogen-bond acceptors (Lipinski definition) is 4. The summed E-state index contributed by atoms with van der Waals surface area (Å²) in [5.41, 5.74) is -0.118. The number of benzene rings is 2. The third kappa shape index (κ3) is 4.59.